The van der Waals surface area contributed by atoms with E-state index < -0.39 is 12.1 Å². The molecular weight excluding hydrogens is 509 g/mol. The maximum Gasteiger partial charge on any atom is 0.490 e. The van der Waals surface area contributed by atoms with E-state index in [0.29, 0.717) is 0 Å². The fraction of sp³-hybridized carbons (Fsp3) is 0.286. The molecule has 0 aromatic heterocycles. The Bertz CT molecular complexity index is 1520. The van der Waals surface area contributed by atoms with Gasteiger partial charge in [-0.1, -0.05) is 126 Å². The zero-order valence-corrected chi connectivity index (χ0v) is 23.8. The Morgan fingerprint density at radius 1 is 0.625 bits per heavy atom. The molecule has 0 bridgehead atoms. The molecule has 0 saturated carbocycles. The number of hydrogen-bond acceptors (Lipinski definition) is 1. The lowest BCUT2D eigenvalue weighted by atomic mass is 9.83. The van der Waals surface area contributed by atoms with E-state index in [4.69, 9.17) is 9.90 Å². The van der Waals surface area contributed by atoms with Crippen LogP contribution < -0.4 is 0 Å². The van der Waals surface area contributed by atoms with E-state index >= 15 is 0 Å². The van der Waals surface area contributed by atoms with Crippen LogP contribution in [0.15, 0.2) is 84.9 Å². The molecule has 0 unspecified atom stereocenters. The van der Waals surface area contributed by atoms with Crippen molar-refractivity contribution in [3.05, 3.63) is 107 Å². The Balaban J connectivity index is 0.000000470. The topological polar surface area (TPSA) is 37.3 Å². The minimum atomic E-state index is -5.08. The Kier molecular flexibility index (Phi) is 7.72. The summed E-state index contributed by atoms with van der Waals surface area (Å²) in [5, 5.41) is 7.12. The Morgan fingerprint density at radius 2 is 1.07 bits per heavy atom. The first-order valence-corrected chi connectivity index (χ1v) is 13.3. The number of aliphatic carboxylic acids is 1. The molecule has 208 valence electrons. The Hall–Kier alpha value is -3.86. The average Bonchev–Trinajstić information content (AvgIpc) is 3.26. The molecule has 4 aromatic carbocycles. The molecule has 1 N–H and O–H groups in total. The van der Waals surface area contributed by atoms with E-state index in [0.717, 1.165) is 6.42 Å². The van der Waals surface area contributed by atoms with Crippen LogP contribution in [0.25, 0.3) is 33.4 Å². The summed E-state index contributed by atoms with van der Waals surface area (Å²) in [5.41, 5.74) is 14.0. The van der Waals surface area contributed by atoms with Crippen LogP contribution >= 0.6 is 0 Å². The third-order valence-electron chi connectivity index (χ3n) is 7.33. The van der Waals surface area contributed by atoms with Crippen LogP contribution in [0.4, 0.5) is 13.2 Å². The quantitative estimate of drug-likeness (QED) is 0.240. The second kappa shape index (κ2) is 10.6. The number of hydrogen-bond donors (Lipinski definition) is 1. The van der Waals surface area contributed by atoms with Crippen molar-refractivity contribution in [3.63, 3.8) is 0 Å². The van der Waals surface area contributed by atoms with E-state index in [2.05, 4.69) is 126 Å². The molecule has 0 amide bonds. The van der Waals surface area contributed by atoms with Crippen molar-refractivity contribution in [2.24, 2.45) is 0 Å². The zero-order chi connectivity index (χ0) is 29.5. The lowest BCUT2D eigenvalue weighted by molar-refractivity contribution is -0.192. The van der Waals surface area contributed by atoms with Crippen molar-refractivity contribution in [3.8, 4) is 33.4 Å². The van der Waals surface area contributed by atoms with Gasteiger partial charge in [0.25, 0.3) is 0 Å². The fourth-order valence-corrected chi connectivity index (χ4v) is 5.07. The van der Waals surface area contributed by atoms with E-state index in [-0.39, 0.29) is 10.8 Å². The molecule has 0 spiro atoms. The van der Waals surface area contributed by atoms with Crippen molar-refractivity contribution in [1.29, 1.82) is 0 Å². The number of benzene rings is 4. The highest BCUT2D eigenvalue weighted by atomic mass is 19.4. The standard InChI is InChI=1S/C33H34.C2HF3O2/c1-32(2,3)25-15-11-22(12-16-25)28-19-20-29-27-10-8-7-9-24(27)21-30(29)31(28)23-13-17-26(18-14-23)33(4,5)6;3-2(4,5)1(6)7/h7-20H,21H2,1-6H3;(H,6,7). The highest BCUT2D eigenvalue weighted by Gasteiger charge is 2.38. The van der Waals surface area contributed by atoms with Crippen LogP contribution in [0.1, 0.15) is 63.8 Å². The largest absolute Gasteiger partial charge is 0.490 e. The van der Waals surface area contributed by atoms with Gasteiger partial charge in [-0.05, 0) is 72.9 Å². The van der Waals surface area contributed by atoms with E-state index in [1.807, 2.05) is 0 Å². The van der Waals surface area contributed by atoms with Gasteiger partial charge in [-0.2, -0.15) is 13.2 Å². The van der Waals surface area contributed by atoms with Gasteiger partial charge in [-0.3, -0.25) is 0 Å². The van der Waals surface area contributed by atoms with E-state index in [1.54, 1.807) is 0 Å². The van der Waals surface area contributed by atoms with Gasteiger partial charge < -0.3 is 5.11 Å². The Labute approximate surface area is 234 Å². The summed E-state index contributed by atoms with van der Waals surface area (Å²) in [5.74, 6) is -2.76. The molecule has 5 rings (SSSR count). The minimum absolute atomic E-state index is 0.152. The van der Waals surface area contributed by atoms with Gasteiger partial charge in [0.15, 0.2) is 0 Å². The first kappa shape index (κ1) is 29.1. The summed E-state index contributed by atoms with van der Waals surface area (Å²) in [6.45, 7) is 13.7. The summed E-state index contributed by atoms with van der Waals surface area (Å²) in [7, 11) is 0. The first-order chi connectivity index (χ1) is 18.6. The third kappa shape index (κ3) is 6.14. The molecule has 2 nitrogen and oxygen atoms in total. The van der Waals surface area contributed by atoms with E-state index in [1.165, 1.54) is 55.6 Å². The predicted molar refractivity (Wildman–Crippen MR) is 157 cm³/mol. The van der Waals surface area contributed by atoms with E-state index in [9.17, 15) is 13.2 Å². The molecule has 0 fully saturated rings. The van der Waals surface area contributed by atoms with Gasteiger partial charge in [-0.25, -0.2) is 4.79 Å². The van der Waals surface area contributed by atoms with Gasteiger partial charge in [0.2, 0.25) is 0 Å². The van der Waals surface area contributed by atoms with Crippen LogP contribution in [0, 0.1) is 0 Å². The maximum absolute atomic E-state index is 10.6. The number of fused-ring (bicyclic) bond motifs is 3. The number of carboxylic acid groups (broad SMARTS) is 1. The summed E-state index contributed by atoms with van der Waals surface area (Å²) < 4.78 is 31.7. The molecule has 0 radical (unpaired) electrons. The van der Waals surface area contributed by atoms with Gasteiger partial charge in [0, 0.05) is 0 Å². The summed E-state index contributed by atoms with van der Waals surface area (Å²) in [6.07, 6.45) is -4.09. The molecule has 40 heavy (non-hydrogen) atoms. The molecule has 1 aliphatic rings. The summed E-state index contributed by atoms with van der Waals surface area (Å²) >= 11 is 0. The predicted octanol–water partition coefficient (Wildman–Crippen LogP) is 9.82. The second-order valence-electron chi connectivity index (χ2n) is 12.3. The molecule has 0 heterocycles. The van der Waals surface area contributed by atoms with Gasteiger partial charge in [0.05, 0.1) is 0 Å². The van der Waals surface area contributed by atoms with Gasteiger partial charge in [0.1, 0.15) is 0 Å². The minimum Gasteiger partial charge on any atom is -0.475 e. The van der Waals surface area contributed by atoms with Crippen molar-refractivity contribution in [2.45, 2.75) is 65.0 Å². The number of halogens is 3. The molecular formula is C35H35F3O2. The van der Waals surface area contributed by atoms with Crippen molar-refractivity contribution >= 4 is 5.97 Å². The summed E-state index contributed by atoms with van der Waals surface area (Å²) in [6, 6.07) is 32.0. The smallest absolute Gasteiger partial charge is 0.475 e. The van der Waals surface area contributed by atoms with Gasteiger partial charge in [-0.15, -0.1) is 0 Å². The zero-order valence-electron chi connectivity index (χ0n) is 23.8. The maximum atomic E-state index is 10.6. The third-order valence-corrected chi connectivity index (χ3v) is 7.33. The monoisotopic (exact) mass is 544 g/mol. The van der Waals surface area contributed by atoms with Crippen LogP contribution in [0.3, 0.4) is 0 Å². The van der Waals surface area contributed by atoms with Crippen molar-refractivity contribution in [2.75, 3.05) is 0 Å². The van der Waals surface area contributed by atoms with Crippen molar-refractivity contribution < 1.29 is 23.1 Å². The SMILES string of the molecule is CC(C)(C)c1ccc(-c2ccc3c(c2-c2ccc(C(C)(C)C)cc2)Cc2ccccc2-3)cc1.O=C(O)C(F)(F)F. The molecule has 0 saturated heterocycles. The molecule has 4 aromatic rings. The second-order valence-corrected chi connectivity index (χ2v) is 12.3. The molecule has 0 atom stereocenters. The molecule has 0 aliphatic heterocycles. The summed E-state index contributed by atoms with van der Waals surface area (Å²) in [4.78, 5) is 8.90. The highest BCUT2D eigenvalue weighted by molar-refractivity contribution is 5.93. The van der Waals surface area contributed by atoms with Crippen LogP contribution in [-0.4, -0.2) is 17.3 Å². The fourth-order valence-electron chi connectivity index (χ4n) is 5.07. The van der Waals surface area contributed by atoms with Crippen LogP contribution in [0.5, 0.6) is 0 Å². The normalized spacial score (nSPS) is 12.7. The highest BCUT2D eigenvalue weighted by Crippen LogP contribution is 2.46. The molecule has 1 aliphatic carbocycles. The number of carboxylic acids is 1. The average molecular weight is 545 g/mol. The lowest BCUT2D eigenvalue weighted by Gasteiger charge is -2.22. The van der Waals surface area contributed by atoms with Gasteiger partial charge >= 0.3 is 12.1 Å². The van der Waals surface area contributed by atoms with Crippen LogP contribution in [-0.2, 0) is 22.0 Å². The number of alkyl halides is 3. The van der Waals surface area contributed by atoms with Crippen molar-refractivity contribution in [1.82, 2.24) is 0 Å². The van der Waals surface area contributed by atoms with Crippen LogP contribution in [0.2, 0.25) is 0 Å². The lowest BCUT2D eigenvalue weighted by Crippen LogP contribution is -2.21. The Morgan fingerprint density at radius 3 is 1.55 bits per heavy atom. The molecule has 5 heteroatoms. The number of rotatable bonds is 2. The first-order valence-electron chi connectivity index (χ1n) is 13.3. The number of carbonyl (C=O) groups is 1.